The molecule has 3 fully saturated rings. The minimum Gasteiger partial charge on any atom is -0.341 e. The molecule has 3 aliphatic rings. The van der Waals surface area contributed by atoms with E-state index in [1.165, 1.54) is 12.1 Å². The number of rotatable bonds is 3. The van der Waals surface area contributed by atoms with Gasteiger partial charge < -0.3 is 5.32 Å². The smallest absolute Gasteiger partial charge is 0.341 e. The molecule has 4 rings (SSSR count). The van der Waals surface area contributed by atoms with Crippen molar-refractivity contribution < 1.29 is 18.0 Å². The number of hydrazine groups is 1. The first-order valence-electron chi connectivity index (χ1n) is 9.04. The molecule has 2 aliphatic heterocycles. The SMILES string of the molecule is CC1NC(=O)C2C(C3CC3)NN(C(C)c3ccc(C(F)(F)F)cc3)C2N1. The van der Waals surface area contributed by atoms with Gasteiger partial charge in [0.25, 0.3) is 0 Å². The van der Waals surface area contributed by atoms with Gasteiger partial charge in [0.15, 0.2) is 0 Å². The lowest BCUT2D eigenvalue weighted by molar-refractivity contribution is -0.137. The molecule has 1 aliphatic carbocycles. The molecule has 1 aromatic carbocycles. The lowest BCUT2D eigenvalue weighted by atomic mass is 9.91. The molecule has 5 unspecified atom stereocenters. The van der Waals surface area contributed by atoms with Crippen molar-refractivity contribution in [2.45, 2.75) is 57.3 Å². The van der Waals surface area contributed by atoms with E-state index in [0.29, 0.717) is 5.92 Å². The summed E-state index contributed by atoms with van der Waals surface area (Å²) in [5.74, 6) is 0.316. The van der Waals surface area contributed by atoms with Crippen LogP contribution in [0.15, 0.2) is 24.3 Å². The van der Waals surface area contributed by atoms with Gasteiger partial charge in [-0.1, -0.05) is 12.1 Å². The van der Waals surface area contributed by atoms with Crippen molar-refractivity contribution in [3.05, 3.63) is 35.4 Å². The molecule has 3 N–H and O–H groups in total. The second-order valence-electron chi connectivity index (χ2n) is 7.56. The van der Waals surface area contributed by atoms with Crippen LogP contribution in [0.5, 0.6) is 0 Å². The predicted octanol–water partition coefficient (Wildman–Crippen LogP) is 2.37. The van der Waals surface area contributed by atoms with Gasteiger partial charge in [-0.2, -0.15) is 13.2 Å². The number of nitrogens with one attached hydrogen (secondary N) is 3. The quantitative estimate of drug-likeness (QED) is 0.767. The third-order valence-electron chi connectivity index (χ3n) is 5.67. The first-order chi connectivity index (χ1) is 12.3. The Morgan fingerprint density at radius 3 is 2.42 bits per heavy atom. The maximum Gasteiger partial charge on any atom is 0.416 e. The number of alkyl halides is 3. The zero-order chi connectivity index (χ0) is 18.6. The molecular weight excluding hydrogens is 345 g/mol. The van der Waals surface area contributed by atoms with Gasteiger partial charge in [-0.05, 0) is 50.3 Å². The van der Waals surface area contributed by atoms with Crippen molar-refractivity contribution in [1.29, 1.82) is 0 Å². The summed E-state index contributed by atoms with van der Waals surface area (Å²) in [6, 6.07) is 5.15. The fourth-order valence-electron chi connectivity index (χ4n) is 4.12. The second kappa shape index (κ2) is 6.21. The summed E-state index contributed by atoms with van der Waals surface area (Å²) in [6.45, 7) is 3.83. The van der Waals surface area contributed by atoms with E-state index in [1.807, 2.05) is 18.9 Å². The predicted molar refractivity (Wildman–Crippen MR) is 89.4 cm³/mol. The van der Waals surface area contributed by atoms with Crippen LogP contribution in [-0.2, 0) is 11.0 Å². The number of hydrogen-bond donors (Lipinski definition) is 3. The maximum absolute atomic E-state index is 12.8. The molecule has 0 bridgehead atoms. The Morgan fingerprint density at radius 2 is 1.85 bits per heavy atom. The van der Waals surface area contributed by atoms with Crippen LogP contribution in [0, 0.1) is 11.8 Å². The van der Waals surface area contributed by atoms with Crippen molar-refractivity contribution in [2.24, 2.45) is 11.8 Å². The lowest BCUT2D eigenvalue weighted by Crippen LogP contribution is -2.63. The highest BCUT2D eigenvalue weighted by Crippen LogP contribution is 2.43. The lowest BCUT2D eigenvalue weighted by Gasteiger charge is -2.38. The van der Waals surface area contributed by atoms with Crippen LogP contribution in [0.3, 0.4) is 0 Å². The van der Waals surface area contributed by atoms with E-state index in [-0.39, 0.29) is 36.2 Å². The Hall–Kier alpha value is -1.64. The Morgan fingerprint density at radius 1 is 1.19 bits per heavy atom. The van der Waals surface area contributed by atoms with Gasteiger partial charge in [0.1, 0.15) is 0 Å². The summed E-state index contributed by atoms with van der Waals surface area (Å²) in [5.41, 5.74) is 3.60. The molecule has 1 amide bonds. The first kappa shape index (κ1) is 17.8. The average molecular weight is 368 g/mol. The van der Waals surface area contributed by atoms with E-state index in [1.54, 1.807) is 0 Å². The van der Waals surface area contributed by atoms with Crippen LogP contribution >= 0.6 is 0 Å². The third-order valence-corrected chi connectivity index (χ3v) is 5.67. The van der Waals surface area contributed by atoms with Crippen molar-refractivity contribution in [3.8, 4) is 0 Å². The molecule has 1 aromatic rings. The van der Waals surface area contributed by atoms with Crippen LogP contribution in [0.2, 0.25) is 0 Å². The third kappa shape index (κ3) is 3.10. The van der Waals surface area contributed by atoms with Gasteiger partial charge in [-0.25, -0.2) is 10.4 Å². The number of halogens is 3. The fourth-order valence-corrected chi connectivity index (χ4v) is 4.12. The number of carbonyl (C=O) groups is 1. The van der Waals surface area contributed by atoms with Gasteiger partial charge in [-0.3, -0.25) is 10.1 Å². The molecule has 5 nitrogen and oxygen atoms in total. The van der Waals surface area contributed by atoms with Gasteiger partial charge in [0.05, 0.1) is 23.8 Å². The van der Waals surface area contributed by atoms with E-state index in [4.69, 9.17) is 0 Å². The molecule has 8 heteroatoms. The molecule has 2 heterocycles. The summed E-state index contributed by atoms with van der Waals surface area (Å²) in [4.78, 5) is 12.5. The molecule has 0 aromatic heterocycles. The van der Waals surface area contributed by atoms with Crippen molar-refractivity contribution in [1.82, 2.24) is 21.1 Å². The monoisotopic (exact) mass is 368 g/mol. The molecule has 0 radical (unpaired) electrons. The average Bonchev–Trinajstić information content (AvgIpc) is 3.34. The molecule has 26 heavy (non-hydrogen) atoms. The summed E-state index contributed by atoms with van der Waals surface area (Å²) in [5, 5.41) is 8.36. The summed E-state index contributed by atoms with van der Waals surface area (Å²) >= 11 is 0. The van der Waals surface area contributed by atoms with E-state index in [9.17, 15) is 18.0 Å². The molecule has 5 atom stereocenters. The van der Waals surface area contributed by atoms with Crippen LogP contribution in [-0.4, -0.2) is 29.3 Å². The highest BCUT2D eigenvalue weighted by Gasteiger charge is 2.54. The van der Waals surface area contributed by atoms with E-state index in [2.05, 4.69) is 16.1 Å². The molecule has 2 saturated heterocycles. The fraction of sp³-hybridized carbons (Fsp3) is 0.611. The van der Waals surface area contributed by atoms with Crippen molar-refractivity contribution in [2.75, 3.05) is 0 Å². The molecule has 142 valence electrons. The topological polar surface area (TPSA) is 56.4 Å². The van der Waals surface area contributed by atoms with Gasteiger partial charge >= 0.3 is 6.18 Å². The van der Waals surface area contributed by atoms with E-state index >= 15 is 0 Å². The van der Waals surface area contributed by atoms with Crippen LogP contribution in [0.1, 0.15) is 43.9 Å². The second-order valence-corrected chi connectivity index (χ2v) is 7.56. The molecule has 1 saturated carbocycles. The standard InChI is InChI=1S/C18H23F3N4O/c1-9(11-5-7-13(8-6-11)18(19,20)21)25-16-14(15(24-25)12-3-4-12)17(26)23-10(2)22-16/h5-10,12,14-16,22,24H,3-4H2,1-2H3,(H,23,26). The van der Waals surface area contributed by atoms with Crippen molar-refractivity contribution >= 4 is 5.91 Å². The number of benzene rings is 1. The number of hydrogen-bond acceptors (Lipinski definition) is 4. The largest absolute Gasteiger partial charge is 0.416 e. The Balaban J connectivity index is 1.58. The van der Waals surface area contributed by atoms with Crippen molar-refractivity contribution in [3.63, 3.8) is 0 Å². The van der Waals surface area contributed by atoms with E-state index < -0.39 is 11.7 Å². The zero-order valence-corrected chi connectivity index (χ0v) is 14.7. The highest BCUT2D eigenvalue weighted by atomic mass is 19.4. The first-order valence-corrected chi connectivity index (χ1v) is 9.04. The Labute approximate surface area is 150 Å². The summed E-state index contributed by atoms with van der Waals surface area (Å²) < 4.78 is 38.4. The maximum atomic E-state index is 12.8. The van der Waals surface area contributed by atoms with E-state index in [0.717, 1.165) is 30.5 Å². The number of amides is 1. The van der Waals surface area contributed by atoms with Crippen LogP contribution in [0.4, 0.5) is 13.2 Å². The van der Waals surface area contributed by atoms with Gasteiger partial charge in [0, 0.05) is 12.1 Å². The number of carbonyl (C=O) groups excluding carboxylic acids is 1. The number of nitrogens with zero attached hydrogens (tertiary/aromatic N) is 1. The minimum atomic E-state index is -4.34. The minimum absolute atomic E-state index is 0.0350. The van der Waals surface area contributed by atoms with Crippen LogP contribution in [0.25, 0.3) is 0 Å². The van der Waals surface area contributed by atoms with Crippen LogP contribution < -0.4 is 16.1 Å². The highest BCUT2D eigenvalue weighted by molar-refractivity contribution is 5.81. The molecular formula is C18H23F3N4O. The molecule has 0 spiro atoms. The summed E-state index contributed by atoms with van der Waals surface area (Å²) in [6.07, 6.45) is -2.46. The summed E-state index contributed by atoms with van der Waals surface area (Å²) in [7, 11) is 0. The van der Waals surface area contributed by atoms with Gasteiger partial charge in [0.2, 0.25) is 5.91 Å². The Kier molecular flexibility index (Phi) is 4.24. The van der Waals surface area contributed by atoms with Gasteiger partial charge in [-0.15, -0.1) is 0 Å². The number of fused-ring (bicyclic) bond motifs is 1. The Bertz CT molecular complexity index is 689. The normalized spacial score (nSPS) is 33.7. The zero-order valence-electron chi connectivity index (χ0n) is 14.7.